The van der Waals surface area contributed by atoms with E-state index in [0.717, 1.165) is 25.7 Å². The summed E-state index contributed by atoms with van der Waals surface area (Å²) in [6, 6.07) is 6.29. The van der Waals surface area contributed by atoms with Gasteiger partial charge in [-0.15, -0.1) is 0 Å². The van der Waals surface area contributed by atoms with Gasteiger partial charge in [0.25, 0.3) is 11.8 Å². The molecule has 3 rings (SSSR count). The molecule has 24 heavy (non-hydrogen) atoms. The molecule has 126 valence electrons. The third-order valence-electron chi connectivity index (χ3n) is 4.49. The van der Waals surface area contributed by atoms with E-state index in [1.165, 1.54) is 15.9 Å². The van der Waals surface area contributed by atoms with Crippen molar-refractivity contribution in [3.63, 3.8) is 0 Å². The maximum Gasteiger partial charge on any atom is 0.260 e. The maximum absolute atomic E-state index is 12.5. The molecule has 1 aromatic rings. The first-order valence-electron chi connectivity index (χ1n) is 8.37. The molecule has 4 amide bonds. The summed E-state index contributed by atoms with van der Waals surface area (Å²) in [6.45, 7) is 0.834. The number of benzene rings is 1. The second-order valence-corrected chi connectivity index (χ2v) is 6.20. The fraction of sp³-hybridized carbons (Fsp3) is 0.444. The SMILES string of the molecule is O=C1CCCCN1C(=O)c1cccc(C(=O)N2CCCCC2=O)c1. The fourth-order valence-corrected chi connectivity index (χ4v) is 3.14. The van der Waals surface area contributed by atoms with Gasteiger partial charge in [-0.25, -0.2) is 0 Å². The number of carbonyl (C=O) groups is 4. The fourth-order valence-electron chi connectivity index (χ4n) is 3.14. The van der Waals surface area contributed by atoms with Crippen molar-refractivity contribution >= 4 is 23.6 Å². The second-order valence-electron chi connectivity index (χ2n) is 6.20. The molecular formula is C18H20N2O4. The molecule has 2 aliphatic rings. The summed E-state index contributed by atoms with van der Waals surface area (Å²) in [5.41, 5.74) is 0.612. The first-order valence-corrected chi connectivity index (χ1v) is 8.37. The lowest BCUT2D eigenvalue weighted by Gasteiger charge is -2.26. The zero-order chi connectivity index (χ0) is 17.1. The third kappa shape index (κ3) is 3.22. The van der Waals surface area contributed by atoms with Gasteiger partial charge in [-0.2, -0.15) is 0 Å². The molecule has 2 saturated heterocycles. The Balaban J connectivity index is 1.81. The first kappa shape index (κ1) is 16.4. The summed E-state index contributed by atoms with van der Waals surface area (Å²) in [5.74, 6) is -1.10. The van der Waals surface area contributed by atoms with E-state index >= 15 is 0 Å². The number of imide groups is 2. The highest BCUT2D eigenvalue weighted by atomic mass is 16.2. The number of hydrogen-bond acceptors (Lipinski definition) is 4. The van der Waals surface area contributed by atoms with Crippen LogP contribution < -0.4 is 0 Å². The van der Waals surface area contributed by atoms with Crippen LogP contribution in [-0.4, -0.2) is 46.5 Å². The molecule has 0 aromatic heterocycles. The van der Waals surface area contributed by atoms with Gasteiger partial charge in [-0.1, -0.05) is 6.07 Å². The monoisotopic (exact) mass is 328 g/mol. The summed E-state index contributed by atoms with van der Waals surface area (Å²) in [4.78, 5) is 51.4. The molecule has 0 radical (unpaired) electrons. The van der Waals surface area contributed by atoms with Crippen molar-refractivity contribution in [1.82, 2.24) is 9.80 Å². The van der Waals surface area contributed by atoms with E-state index in [1.54, 1.807) is 18.2 Å². The lowest BCUT2D eigenvalue weighted by Crippen LogP contribution is -2.41. The van der Waals surface area contributed by atoms with Crippen molar-refractivity contribution in [2.75, 3.05) is 13.1 Å². The zero-order valence-electron chi connectivity index (χ0n) is 13.5. The molecule has 2 heterocycles. The van der Waals surface area contributed by atoms with Crippen molar-refractivity contribution in [3.8, 4) is 0 Å². The van der Waals surface area contributed by atoms with E-state index in [1.807, 2.05) is 0 Å². The highest BCUT2D eigenvalue weighted by molar-refractivity contribution is 6.08. The Hall–Kier alpha value is -2.50. The van der Waals surface area contributed by atoms with E-state index in [4.69, 9.17) is 0 Å². The van der Waals surface area contributed by atoms with Crippen LogP contribution in [0, 0.1) is 0 Å². The van der Waals surface area contributed by atoms with Gasteiger partial charge >= 0.3 is 0 Å². The van der Waals surface area contributed by atoms with Crippen LogP contribution in [0.3, 0.4) is 0 Å². The molecule has 2 aliphatic heterocycles. The number of likely N-dealkylation sites (tertiary alicyclic amines) is 2. The Morgan fingerprint density at radius 3 is 1.62 bits per heavy atom. The Bertz CT molecular complexity index is 643. The van der Waals surface area contributed by atoms with Gasteiger partial charge in [-0.05, 0) is 43.9 Å². The lowest BCUT2D eigenvalue weighted by atomic mass is 10.0. The molecule has 0 bridgehead atoms. The quantitative estimate of drug-likeness (QED) is 0.778. The summed E-state index contributed by atoms with van der Waals surface area (Å²) in [5, 5.41) is 0. The van der Waals surface area contributed by atoms with Crippen LogP contribution in [0.15, 0.2) is 24.3 Å². The zero-order valence-corrected chi connectivity index (χ0v) is 13.5. The van der Waals surface area contributed by atoms with Crippen LogP contribution in [0.1, 0.15) is 59.2 Å². The Morgan fingerprint density at radius 1 is 0.750 bits per heavy atom. The van der Waals surface area contributed by atoms with Crippen molar-refractivity contribution in [2.45, 2.75) is 38.5 Å². The first-order chi connectivity index (χ1) is 11.6. The summed E-state index contributed by atoms with van der Waals surface area (Å²) < 4.78 is 0. The van der Waals surface area contributed by atoms with Crippen LogP contribution in [0.25, 0.3) is 0 Å². The van der Waals surface area contributed by atoms with E-state index in [2.05, 4.69) is 0 Å². The predicted octanol–water partition coefficient (Wildman–Crippen LogP) is 1.99. The van der Waals surface area contributed by atoms with Gasteiger partial charge in [0, 0.05) is 37.1 Å². The van der Waals surface area contributed by atoms with Crippen LogP contribution in [0.2, 0.25) is 0 Å². The molecule has 6 heteroatoms. The normalized spacial score (nSPS) is 18.7. The number of rotatable bonds is 2. The van der Waals surface area contributed by atoms with Gasteiger partial charge < -0.3 is 0 Å². The largest absolute Gasteiger partial charge is 0.279 e. The molecule has 0 spiro atoms. The van der Waals surface area contributed by atoms with Crippen LogP contribution in [-0.2, 0) is 9.59 Å². The number of carbonyl (C=O) groups excluding carboxylic acids is 4. The maximum atomic E-state index is 12.5. The number of piperidine rings is 2. The van der Waals surface area contributed by atoms with Crippen molar-refractivity contribution in [3.05, 3.63) is 35.4 Å². The molecule has 2 fully saturated rings. The Morgan fingerprint density at radius 2 is 1.21 bits per heavy atom. The van der Waals surface area contributed by atoms with E-state index in [-0.39, 0.29) is 23.6 Å². The average Bonchev–Trinajstić information content (AvgIpc) is 2.61. The molecular weight excluding hydrogens is 308 g/mol. The topological polar surface area (TPSA) is 74.8 Å². The van der Waals surface area contributed by atoms with E-state index in [9.17, 15) is 19.2 Å². The molecule has 0 aliphatic carbocycles. The summed E-state index contributed by atoms with van der Waals surface area (Å²) in [6.07, 6.45) is 3.98. The number of hydrogen-bond donors (Lipinski definition) is 0. The Labute approximate surface area is 140 Å². The summed E-state index contributed by atoms with van der Waals surface area (Å²) in [7, 11) is 0. The van der Waals surface area contributed by atoms with Crippen molar-refractivity contribution in [1.29, 1.82) is 0 Å². The second kappa shape index (κ2) is 6.95. The van der Waals surface area contributed by atoms with Crippen LogP contribution in [0.4, 0.5) is 0 Å². The third-order valence-corrected chi connectivity index (χ3v) is 4.49. The van der Waals surface area contributed by atoms with Crippen LogP contribution in [0.5, 0.6) is 0 Å². The minimum Gasteiger partial charge on any atom is -0.279 e. The van der Waals surface area contributed by atoms with Gasteiger partial charge in [-0.3, -0.25) is 29.0 Å². The lowest BCUT2D eigenvalue weighted by molar-refractivity contribution is -0.131. The average molecular weight is 328 g/mol. The molecule has 1 aromatic carbocycles. The van der Waals surface area contributed by atoms with E-state index in [0.29, 0.717) is 37.1 Å². The molecule has 0 N–H and O–H groups in total. The summed E-state index contributed by atoms with van der Waals surface area (Å²) >= 11 is 0. The van der Waals surface area contributed by atoms with Crippen LogP contribution >= 0.6 is 0 Å². The number of nitrogens with zero attached hydrogens (tertiary/aromatic N) is 2. The molecule has 0 atom stereocenters. The number of amides is 4. The molecule has 6 nitrogen and oxygen atoms in total. The standard InChI is InChI=1S/C18H20N2O4/c21-15-8-1-3-10-19(15)17(23)13-6-5-7-14(12-13)18(24)20-11-4-2-9-16(20)22/h5-7,12H,1-4,8-11H2. The highest BCUT2D eigenvalue weighted by Gasteiger charge is 2.28. The van der Waals surface area contributed by atoms with Gasteiger partial charge in [0.05, 0.1) is 0 Å². The molecule has 0 saturated carbocycles. The minimum atomic E-state index is -0.376. The van der Waals surface area contributed by atoms with Crippen molar-refractivity contribution < 1.29 is 19.2 Å². The van der Waals surface area contributed by atoms with Gasteiger partial charge in [0.1, 0.15) is 0 Å². The smallest absolute Gasteiger partial charge is 0.260 e. The van der Waals surface area contributed by atoms with Gasteiger partial charge in [0.15, 0.2) is 0 Å². The molecule has 0 unspecified atom stereocenters. The van der Waals surface area contributed by atoms with E-state index < -0.39 is 0 Å². The Kier molecular flexibility index (Phi) is 4.74. The van der Waals surface area contributed by atoms with Crippen molar-refractivity contribution in [2.24, 2.45) is 0 Å². The minimum absolute atomic E-state index is 0.172. The predicted molar refractivity (Wildman–Crippen MR) is 86.2 cm³/mol. The highest BCUT2D eigenvalue weighted by Crippen LogP contribution is 2.18. The van der Waals surface area contributed by atoms with Gasteiger partial charge in [0.2, 0.25) is 11.8 Å².